The summed E-state index contributed by atoms with van der Waals surface area (Å²) in [6.07, 6.45) is 2.30. The number of hydrazine groups is 1. The lowest BCUT2D eigenvalue weighted by Crippen LogP contribution is -2.75. The standard InChI is InChI=1S/C47H67ClN10O4S/c1-9-50-37(59)21-36-40-56-55-28(4)58(40)42-38(26(2)27(3)63-42)39(53-36)30-12-10-29(11-13-30)25-61-33-16-18-57(19-17-33)45-51-23-32(24-52-45)41(60)54-43-46(5,6)44(47(43,7)8)62-34-15-14-31(22-49)35(48)20-34/h10-15,20,26-28,32-33,36,38,40,42-45,51-52,55-56H,9,16-19,21,23-25H2,1-8H3,(H,50,59)(H,54,60)/t26?,27?,28?,32?,36-,38?,40?,42?,43?,44?,45?/m0/s1. The molecule has 2 aromatic rings. The third-order valence-corrected chi connectivity index (χ3v) is 16.7. The van der Waals surface area contributed by atoms with E-state index < -0.39 is 0 Å². The lowest BCUT2D eigenvalue weighted by atomic mass is 9.49. The van der Waals surface area contributed by atoms with Gasteiger partial charge in [0.15, 0.2) is 0 Å². The summed E-state index contributed by atoms with van der Waals surface area (Å²) in [4.78, 5) is 36.9. The van der Waals surface area contributed by atoms with Crippen LogP contribution in [0.1, 0.15) is 91.3 Å². The number of thioether (sulfide) groups is 1. The molecule has 4 saturated heterocycles. The third kappa shape index (κ3) is 9.27. The van der Waals surface area contributed by atoms with Gasteiger partial charge in [0, 0.05) is 72.5 Å². The molecular weight excluding hydrogens is 836 g/mol. The highest BCUT2D eigenvalue weighted by Crippen LogP contribution is 2.56. The molecule has 0 aromatic heterocycles. The molecule has 5 fully saturated rings. The number of amides is 2. The second-order valence-electron chi connectivity index (χ2n) is 19.7. The molecule has 6 N–H and O–H groups in total. The predicted octanol–water partition coefficient (Wildman–Crippen LogP) is 4.78. The van der Waals surface area contributed by atoms with Crippen LogP contribution in [-0.4, -0.2) is 114 Å². The van der Waals surface area contributed by atoms with Crippen molar-refractivity contribution >= 4 is 40.9 Å². The first-order chi connectivity index (χ1) is 30.1. The van der Waals surface area contributed by atoms with Crippen LogP contribution in [0.25, 0.3) is 0 Å². The van der Waals surface area contributed by atoms with Gasteiger partial charge in [0.1, 0.15) is 24.2 Å². The zero-order valence-electron chi connectivity index (χ0n) is 38.0. The summed E-state index contributed by atoms with van der Waals surface area (Å²) >= 11 is 8.31. The van der Waals surface area contributed by atoms with Crippen molar-refractivity contribution in [1.82, 2.24) is 41.9 Å². The van der Waals surface area contributed by atoms with Crippen molar-refractivity contribution in [2.45, 2.75) is 135 Å². The van der Waals surface area contributed by atoms with E-state index >= 15 is 0 Å². The van der Waals surface area contributed by atoms with Gasteiger partial charge in [-0.05, 0) is 55.9 Å². The van der Waals surface area contributed by atoms with E-state index in [1.807, 2.05) is 18.7 Å². The number of ether oxygens (including phenoxy) is 2. The van der Waals surface area contributed by atoms with Crippen molar-refractivity contribution in [1.29, 1.82) is 5.26 Å². The van der Waals surface area contributed by atoms with Gasteiger partial charge in [-0.2, -0.15) is 5.26 Å². The van der Waals surface area contributed by atoms with E-state index in [9.17, 15) is 14.9 Å². The molecule has 0 radical (unpaired) electrons. The highest BCUT2D eigenvalue weighted by Gasteiger charge is 2.64. The molecule has 1 saturated carbocycles. The average Bonchev–Trinajstić information content (AvgIpc) is 3.75. The Balaban J connectivity index is 0.806. The second kappa shape index (κ2) is 18.9. The Morgan fingerprint density at radius 3 is 2.37 bits per heavy atom. The number of carbonyl (C=O) groups is 2. The Bertz CT molecular complexity index is 2030. The van der Waals surface area contributed by atoms with Gasteiger partial charge in [-0.1, -0.05) is 77.4 Å². The summed E-state index contributed by atoms with van der Waals surface area (Å²) in [6.45, 7) is 21.5. The number of hydrogen-bond donors (Lipinski definition) is 6. The van der Waals surface area contributed by atoms with Crippen molar-refractivity contribution in [3.63, 3.8) is 0 Å². The van der Waals surface area contributed by atoms with Gasteiger partial charge in [0.25, 0.3) is 0 Å². The molecule has 6 unspecified atom stereocenters. The van der Waals surface area contributed by atoms with Gasteiger partial charge in [-0.15, -0.1) is 11.8 Å². The van der Waals surface area contributed by atoms with Crippen LogP contribution in [0.3, 0.4) is 0 Å². The van der Waals surface area contributed by atoms with Crippen LogP contribution in [0.15, 0.2) is 47.5 Å². The van der Waals surface area contributed by atoms with Crippen LogP contribution in [0, 0.1) is 39.9 Å². The van der Waals surface area contributed by atoms with Crippen LogP contribution in [0.5, 0.6) is 5.75 Å². The Labute approximate surface area is 382 Å². The minimum absolute atomic E-state index is 0.0129. The number of piperidine rings is 1. The molecule has 5 aliphatic heterocycles. The molecule has 63 heavy (non-hydrogen) atoms. The third-order valence-electron chi connectivity index (χ3n) is 14.7. The fourth-order valence-corrected chi connectivity index (χ4v) is 13.4. The van der Waals surface area contributed by atoms with E-state index in [4.69, 9.17) is 26.1 Å². The minimum atomic E-state index is -0.319. The van der Waals surface area contributed by atoms with E-state index in [-0.39, 0.29) is 82.8 Å². The Morgan fingerprint density at radius 2 is 1.71 bits per heavy atom. The Morgan fingerprint density at radius 1 is 1.02 bits per heavy atom. The maximum Gasteiger partial charge on any atom is 0.225 e. The smallest absolute Gasteiger partial charge is 0.225 e. The lowest BCUT2D eigenvalue weighted by molar-refractivity contribution is -0.174. The summed E-state index contributed by atoms with van der Waals surface area (Å²) in [5.41, 5.74) is 10.1. The fourth-order valence-electron chi connectivity index (χ4n) is 11.3. The first-order valence-electron chi connectivity index (χ1n) is 23.0. The van der Waals surface area contributed by atoms with Crippen LogP contribution >= 0.6 is 23.4 Å². The SMILES string of the molecule is CCNC(=O)C[C@@H]1N=C(c2ccc(COC3CCN(C4NCC(C(=O)NC5C(C)(C)C(Oc6ccc(C#N)c(Cl)c6)C5(C)C)CN4)CC3)cc2)C2C(C)C(C)SC2N2C(C)NNC12. The van der Waals surface area contributed by atoms with Gasteiger partial charge in [-0.3, -0.25) is 35.0 Å². The highest BCUT2D eigenvalue weighted by molar-refractivity contribution is 8.00. The van der Waals surface area contributed by atoms with Crippen LogP contribution in [-0.2, 0) is 20.9 Å². The zero-order valence-corrected chi connectivity index (χ0v) is 39.6. The topological polar surface area (TPSA) is 167 Å². The molecule has 1 aliphatic carbocycles. The molecule has 14 nitrogen and oxygen atoms in total. The van der Waals surface area contributed by atoms with E-state index in [2.05, 4.69) is 121 Å². The molecule has 16 heteroatoms. The summed E-state index contributed by atoms with van der Waals surface area (Å²) in [7, 11) is 0. The number of halogens is 1. The summed E-state index contributed by atoms with van der Waals surface area (Å²) in [5.74, 6) is 1.16. The molecule has 0 bridgehead atoms. The Kier molecular flexibility index (Phi) is 13.9. The van der Waals surface area contributed by atoms with Gasteiger partial charge in [0.2, 0.25) is 11.8 Å². The van der Waals surface area contributed by atoms with E-state index in [0.29, 0.717) is 60.2 Å². The molecule has 8 rings (SSSR count). The number of nitriles is 1. The maximum absolute atomic E-state index is 13.6. The molecule has 2 aromatic carbocycles. The monoisotopic (exact) mass is 902 g/mol. The number of nitrogens with one attached hydrogen (secondary N) is 6. The van der Waals surface area contributed by atoms with Gasteiger partial charge >= 0.3 is 0 Å². The largest absolute Gasteiger partial charge is 0.489 e. The minimum Gasteiger partial charge on any atom is -0.489 e. The van der Waals surface area contributed by atoms with E-state index in [0.717, 1.165) is 42.8 Å². The predicted molar refractivity (Wildman–Crippen MR) is 248 cm³/mol. The molecule has 5 heterocycles. The van der Waals surface area contributed by atoms with Crippen molar-refractivity contribution in [2.24, 2.45) is 33.6 Å². The molecule has 0 spiro atoms. The number of benzene rings is 2. The molecule has 2 amide bonds. The normalized spacial score (nSPS) is 34.1. The number of nitrogens with zero attached hydrogens (tertiary/aromatic N) is 4. The summed E-state index contributed by atoms with van der Waals surface area (Å²) in [6, 6.07) is 15.7. The lowest BCUT2D eigenvalue weighted by Gasteiger charge is -2.63. The first kappa shape index (κ1) is 46.2. The number of likely N-dealkylation sites (tertiary alicyclic amines) is 1. The molecular formula is C47H67ClN10O4S. The second-order valence-corrected chi connectivity index (χ2v) is 21.6. The van der Waals surface area contributed by atoms with Gasteiger partial charge < -0.3 is 20.1 Å². The molecule has 7 atom stereocenters. The van der Waals surface area contributed by atoms with E-state index in [1.165, 1.54) is 0 Å². The van der Waals surface area contributed by atoms with Crippen LogP contribution in [0.2, 0.25) is 5.02 Å². The zero-order chi connectivity index (χ0) is 44.8. The Hall–Kier alpha value is -3.30. The van der Waals surface area contributed by atoms with Gasteiger partial charge in [0.05, 0.1) is 59.4 Å². The first-order valence-corrected chi connectivity index (χ1v) is 24.3. The summed E-state index contributed by atoms with van der Waals surface area (Å²) < 4.78 is 12.9. The number of rotatable bonds is 12. The van der Waals surface area contributed by atoms with Crippen molar-refractivity contribution in [3.05, 3.63) is 64.2 Å². The van der Waals surface area contributed by atoms with E-state index in [1.54, 1.807) is 18.2 Å². The number of aliphatic imine (C=N–C) groups is 1. The van der Waals surface area contributed by atoms with Crippen molar-refractivity contribution < 1.29 is 19.1 Å². The number of hydrogen-bond acceptors (Lipinski definition) is 13. The fraction of sp³-hybridized carbons (Fsp3) is 0.660. The van der Waals surface area contributed by atoms with Gasteiger partial charge in [-0.25, -0.2) is 10.9 Å². The van der Waals surface area contributed by atoms with Crippen molar-refractivity contribution in [2.75, 3.05) is 32.7 Å². The average molecular weight is 904 g/mol. The number of carbonyl (C=O) groups excluding carboxylic acids is 2. The van der Waals surface area contributed by atoms with Crippen molar-refractivity contribution in [3.8, 4) is 11.8 Å². The molecule has 342 valence electrons. The molecule has 6 aliphatic rings. The quantitative estimate of drug-likeness (QED) is 0.173. The highest BCUT2D eigenvalue weighted by atomic mass is 35.5. The van der Waals surface area contributed by atoms with Crippen LogP contribution in [0.4, 0.5) is 0 Å². The summed E-state index contributed by atoms with van der Waals surface area (Å²) in [5, 5.41) is 23.9. The maximum atomic E-state index is 13.6. The van der Waals surface area contributed by atoms with Crippen LogP contribution < -0.4 is 36.9 Å². The number of fused-ring (bicyclic) bond motifs is 3.